The van der Waals surface area contributed by atoms with Gasteiger partial charge in [-0.15, -0.1) is 0 Å². The SMILES string of the molecule is CN(C)C(=O)N1CCC(C(=O)N2CCN(c3cccc([N+](=O)[O-])c3)CC2)CC1. The summed E-state index contributed by atoms with van der Waals surface area (Å²) in [4.78, 5) is 42.8. The van der Waals surface area contributed by atoms with Gasteiger partial charge in [0.05, 0.1) is 4.92 Å². The van der Waals surface area contributed by atoms with Crippen LogP contribution in [0.25, 0.3) is 0 Å². The fourth-order valence-electron chi connectivity index (χ4n) is 3.85. The molecule has 1 aromatic rings. The molecule has 0 aliphatic carbocycles. The Labute approximate surface area is 164 Å². The minimum Gasteiger partial charge on any atom is -0.368 e. The molecule has 2 fully saturated rings. The molecular formula is C19H27N5O4. The van der Waals surface area contributed by atoms with E-state index < -0.39 is 4.92 Å². The molecule has 0 unspecified atom stereocenters. The van der Waals surface area contributed by atoms with Gasteiger partial charge >= 0.3 is 6.03 Å². The molecule has 0 radical (unpaired) electrons. The Balaban J connectivity index is 1.51. The molecular weight excluding hydrogens is 362 g/mol. The molecule has 0 N–H and O–H groups in total. The van der Waals surface area contributed by atoms with E-state index in [1.165, 1.54) is 6.07 Å². The number of hydrogen-bond donors (Lipinski definition) is 0. The zero-order valence-electron chi connectivity index (χ0n) is 16.4. The molecule has 152 valence electrons. The Morgan fingerprint density at radius 1 is 1.04 bits per heavy atom. The third-order valence-corrected chi connectivity index (χ3v) is 5.49. The molecule has 2 saturated heterocycles. The maximum atomic E-state index is 12.9. The summed E-state index contributed by atoms with van der Waals surface area (Å²) in [6.07, 6.45) is 1.40. The van der Waals surface area contributed by atoms with Gasteiger partial charge in [0.1, 0.15) is 0 Å². The second-order valence-corrected chi connectivity index (χ2v) is 7.53. The van der Waals surface area contributed by atoms with Gasteiger partial charge in [-0.25, -0.2) is 4.79 Å². The van der Waals surface area contributed by atoms with E-state index in [9.17, 15) is 19.7 Å². The average Bonchev–Trinajstić information content (AvgIpc) is 2.73. The Kier molecular flexibility index (Phi) is 6.01. The summed E-state index contributed by atoms with van der Waals surface area (Å²) in [5, 5.41) is 11.0. The van der Waals surface area contributed by atoms with Gasteiger partial charge in [0.25, 0.3) is 5.69 Å². The van der Waals surface area contributed by atoms with Crippen molar-refractivity contribution in [2.75, 3.05) is 58.3 Å². The average molecular weight is 389 g/mol. The monoisotopic (exact) mass is 389 g/mol. The second-order valence-electron chi connectivity index (χ2n) is 7.53. The number of likely N-dealkylation sites (tertiary alicyclic amines) is 1. The largest absolute Gasteiger partial charge is 0.368 e. The van der Waals surface area contributed by atoms with Gasteiger partial charge in [0.2, 0.25) is 5.91 Å². The normalized spacial score (nSPS) is 18.1. The minimum atomic E-state index is -0.392. The van der Waals surface area contributed by atoms with Crippen molar-refractivity contribution >= 4 is 23.3 Å². The molecule has 2 aliphatic heterocycles. The fraction of sp³-hybridized carbons (Fsp3) is 0.579. The van der Waals surface area contributed by atoms with E-state index >= 15 is 0 Å². The smallest absolute Gasteiger partial charge is 0.319 e. The third kappa shape index (κ3) is 4.35. The van der Waals surface area contributed by atoms with Gasteiger partial charge in [-0.3, -0.25) is 14.9 Å². The molecule has 1 aromatic carbocycles. The molecule has 0 saturated carbocycles. The summed E-state index contributed by atoms with van der Waals surface area (Å²) in [6.45, 7) is 3.76. The van der Waals surface area contributed by atoms with Gasteiger partial charge < -0.3 is 19.6 Å². The molecule has 0 bridgehead atoms. The Hall–Kier alpha value is -2.84. The van der Waals surface area contributed by atoms with Crippen LogP contribution >= 0.6 is 0 Å². The van der Waals surface area contributed by atoms with Crippen molar-refractivity contribution < 1.29 is 14.5 Å². The van der Waals surface area contributed by atoms with E-state index in [2.05, 4.69) is 4.90 Å². The first-order valence-corrected chi connectivity index (χ1v) is 9.61. The van der Waals surface area contributed by atoms with Gasteiger partial charge in [0.15, 0.2) is 0 Å². The van der Waals surface area contributed by atoms with Crippen LogP contribution in [0.15, 0.2) is 24.3 Å². The first kappa shape index (κ1) is 19.9. The van der Waals surface area contributed by atoms with Crippen molar-refractivity contribution in [3.8, 4) is 0 Å². The van der Waals surface area contributed by atoms with E-state index in [0.717, 1.165) is 5.69 Å². The quantitative estimate of drug-likeness (QED) is 0.579. The summed E-state index contributed by atoms with van der Waals surface area (Å²) in [7, 11) is 3.47. The summed E-state index contributed by atoms with van der Waals surface area (Å²) in [5.74, 6) is 0.131. The molecule has 28 heavy (non-hydrogen) atoms. The summed E-state index contributed by atoms with van der Waals surface area (Å²) < 4.78 is 0. The molecule has 9 heteroatoms. The number of anilines is 1. The van der Waals surface area contributed by atoms with Crippen LogP contribution in [0.5, 0.6) is 0 Å². The molecule has 3 amide bonds. The van der Waals surface area contributed by atoms with Crippen LogP contribution in [-0.4, -0.2) is 84.9 Å². The van der Waals surface area contributed by atoms with Gasteiger partial charge in [-0.05, 0) is 18.9 Å². The van der Waals surface area contributed by atoms with Crippen LogP contribution < -0.4 is 4.90 Å². The van der Waals surface area contributed by atoms with Crippen LogP contribution in [0.4, 0.5) is 16.2 Å². The molecule has 9 nitrogen and oxygen atoms in total. The Morgan fingerprint density at radius 2 is 1.68 bits per heavy atom. The number of nitro groups is 1. The maximum Gasteiger partial charge on any atom is 0.319 e. The lowest BCUT2D eigenvalue weighted by atomic mass is 9.95. The number of urea groups is 1. The van der Waals surface area contributed by atoms with Crippen LogP contribution in [-0.2, 0) is 4.79 Å². The molecule has 2 heterocycles. The predicted octanol–water partition coefficient (Wildman–Crippen LogP) is 1.64. The van der Waals surface area contributed by atoms with Crippen LogP contribution in [0.1, 0.15) is 12.8 Å². The van der Waals surface area contributed by atoms with Crippen molar-refractivity contribution in [1.82, 2.24) is 14.7 Å². The lowest BCUT2D eigenvalue weighted by Gasteiger charge is -2.39. The molecule has 3 rings (SSSR count). The summed E-state index contributed by atoms with van der Waals surface area (Å²) in [6, 6.07) is 6.61. The fourth-order valence-corrected chi connectivity index (χ4v) is 3.85. The first-order chi connectivity index (χ1) is 13.4. The van der Waals surface area contributed by atoms with Gasteiger partial charge in [-0.1, -0.05) is 6.07 Å². The van der Waals surface area contributed by atoms with Crippen molar-refractivity contribution in [3.63, 3.8) is 0 Å². The zero-order valence-corrected chi connectivity index (χ0v) is 16.4. The number of hydrogen-bond acceptors (Lipinski definition) is 5. The summed E-state index contributed by atoms with van der Waals surface area (Å²) in [5.41, 5.74) is 0.895. The maximum absolute atomic E-state index is 12.9. The topological polar surface area (TPSA) is 90.2 Å². The number of nitro benzene ring substituents is 1. The first-order valence-electron chi connectivity index (χ1n) is 9.61. The number of rotatable bonds is 3. The number of carbonyl (C=O) groups excluding carboxylic acids is 2. The van der Waals surface area contributed by atoms with E-state index in [1.807, 2.05) is 11.0 Å². The lowest BCUT2D eigenvalue weighted by molar-refractivity contribution is -0.384. The van der Waals surface area contributed by atoms with Crippen molar-refractivity contribution in [2.45, 2.75) is 12.8 Å². The van der Waals surface area contributed by atoms with E-state index in [4.69, 9.17) is 0 Å². The number of benzene rings is 1. The Morgan fingerprint density at radius 3 is 2.25 bits per heavy atom. The van der Waals surface area contributed by atoms with E-state index in [-0.39, 0.29) is 23.5 Å². The molecule has 0 spiro atoms. The van der Waals surface area contributed by atoms with Crippen molar-refractivity contribution in [3.05, 3.63) is 34.4 Å². The lowest BCUT2D eigenvalue weighted by Crippen LogP contribution is -2.52. The van der Waals surface area contributed by atoms with Crippen molar-refractivity contribution in [1.29, 1.82) is 0 Å². The Bertz CT molecular complexity index is 738. The van der Waals surface area contributed by atoms with Crippen LogP contribution in [0.3, 0.4) is 0 Å². The highest BCUT2D eigenvalue weighted by Crippen LogP contribution is 2.24. The van der Waals surface area contributed by atoms with Crippen LogP contribution in [0, 0.1) is 16.0 Å². The highest BCUT2D eigenvalue weighted by Gasteiger charge is 2.32. The van der Waals surface area contributed by atoms with Crippen molar-refractivity contribution in [2.24, 2.45) is 5.92 Å². The number of non-ortho nitro benzene ring substituents is 1. The predicted molar refractivity (Wildman–Crippen MR) is 105 cm³/mol. The number of piperidine rings is 1. The zero-order chi connectivity index (χ0) is 20.3. The number of nitrogens with zero attached hydrogens (tertiary/aromatic N) is 5. The minimum absolute atomic E-state index is 0.00327. The van der Waals surface area contributed by atoms with Gasteiger partial charge in [0, 0.05) is 77.1 Å². The summed E-state index contributed by atoms with van der Waals surface area (Å²) >= 11 is 0. The van der Waals surface area contributed by atoms with Gasteiger partial charge in [-0.2, -0.15) is 0 Å². The molecule has 0 atom stereocenters. The molecule has 0 aromatic heterocycles. The van der Waals surface area contributed by atoms with Crippen LogP contribution in [0.2, 0.25) is 0 Å². The number of amides is 3. The van der Waals surface area contributed by atoms with E-state index in [0.29, 0.717) is 52.1 Å². The second kappa shape index (κ2) is 8.45. The molecule has 2 aliphatic rings. The third-order valence-electron chi connectivity index (χ3n) is 5.49. The number of piperazine rings is 1. The standard InChI is InChI=1S/C19H27N5O4/c1-20(2)19(26)23-8-6-15(7-9-23)18(25)22-12-10-21(11-13-22)16-4-3-5-17(14-16)24(27)28/h3-5,14-15H,6-13H2,1-2H3. The van der Waals surface area contributed by atoms with E-state index in [1.54, 1.807) is 36.0 Å². The highest BCUT2D eigenvalue weighted by molar-refractivity contribution is 5.80. The highest BCUT2D eigenvalue weighted by atomic mass is 16.6. The number of carbonyl (C=O) groups is 2.